The van der Waals surface area contributed by atoms with E-state index in [1.54, 1.807) is 0 Å². The monoisotopic (exact) mass is 320 g/mol. The summed E-state index contributed by atoms with van der Waals surface area (Å²) in [4.78, 5) is 0. The highest BCUT2D eigenvalue weighted by Crippen LogP contribution is 2.55. The van der Waals surface area contributed by atoms with Gasteiger partial charge in [0.2, 0.25) is 0 Å². The Labute approximate surface area is 107 Å². The van der Waals surface area contributed by atoms with Crippen molar-refractivity contribution >= 4 is 0 Å². The van der Waals surface area contributed by atoms with Crippen molar-refractivity contribution in [2.75, 3.05) is 0 Å². The molecule has 0 aromatic rings. The fourth-order valence-electron chi connectivity index (χ4n) is 1.19. The molecule has 0 radical (unpaired) electrons. The lowest BCUT2D eigenvalue weighted by molar-refractivity contribution is -0.477. The molecular formula is C9H12F8O3. The first kappa shape index (κ1) is 19.3. The van der Waals surface area contributed by atoms with E-state index in [2.05, 4.69) is 0 Å². The van der Waals surface area contributed by atoms with Crippen LogP contribution in [0.15, 0.2) is 0 Å². The standard InChI is InChI=1S/C9H12F8O3/c1-2-3-4-5(10,11)6(12,13)7(14,15)8(16,17)9(18,19)20/h18-20H,2-4H2,1H3. The first-order chi connectivity index (χ1) is 8.56. The van der Waals surface area contributed by atoms with Crippen LogP contribution in [0.5, 0.6) is 0 Å². The van der Waals surface area contributed by atoms with E-state index in [1.165, 1.54) is 6.92 Å². The third-order valence-electron chi connectivity index (χ3n) is 2.51. The number of unbranched alkanes of at least 4 members (excludes halogenated alkanes) is 1. The summed E-state index contributed by atoms with van der Waals surface area (Å²) < 4.78 is 103. The van der Waals surface area contributed by atoms with Gasteiger partial charge >= 0.3 is 29.7 Å². The van der Waals surface area contributed by atoms with Crippen molar-refractivity contribution in [3.8, 4) is 0 Å². The Hall–Kier alpha value is -0.680. The first-order valence-corrected chi connectivity index (χ1v) is 5.24. The molecule has 11 heteroatoms. The maximum atomic E-state index is 13.0. The number of aliphatic hydroxyl groups is 3. The van der Waals surface area contributed by atoms with Crippen LogP contribution in [0.1, 0.15) is 26.2 Å². The molecule has 0 aliphatic carbocycles. The average molecular weight is 320 g/mol. The molecule has 122 valence electrons. The Bertz CT molecular complexity index is 337. The van der Waals surface area contributed by atoms with Crippen molar-refractivity contribution in [3.05, 3.63) is 0 Å². The minimum Gasteiger partial charge on any atom is -0.339 e. The SMILES string of the molecule is CCCCC(F)(F)C(F)(F)C(F)(F)C(F)(F)C(O)(O)O. The minimum atomic E-state index is -6.91. The summed E-state index contributed by atoms with van der Waals surface area (Å²) >= 11 is 0. The van der Waals surface area contributed by atoms with Gasteiger partial charge < -0.3 is 15.3 Å². The molecule has 0 rings (SSSR count). The molecule has 0 amide bonds. The van der Waals surface area contributed by atoms with Gasteiger partial charge in [0.15, 0.2) is 0 Å². The van der Waals surface area contributed by atoms with E-state index in [4.69, 9.17) is 15.3 Å². The maximum absolute atomic E-state index is 13.0. The van der Waals surface area contributed by atoms with Crippen molar-refractivity contribution in [2.24, 2.45) is 0 Å². The normalized spacial score (nSPS) is 15.6. The summed E-state index contributed by atoms with van der Waals surface area (Å²) in [5, 5.41) is 24.0. The van der Waals surface area contributed by atoms with Crippen LogP contribution in [0.3, 0.4) is 0 Å². The van der Waals surface area contributed by atoms with Crippen molar-refractivity contribution in [1.82, 2.24) is 0 Å². The molecule has 0 aromatic heterocycles. The fourth-order valence-corrected chi connectivity index (χ4v) is 1.19. The average Bonchev–Trinajstić information content (AvgIpc) is 2.24. The molecule has 20 heavy (non-hydrogen) atoms. The second-order valence-corrected chi connectivity index (χ2v) is 4.17. The van der Waals surface area contributed by atoms with Crippen molar-refractivity contribution in [1.29, 1.82) is 0 Å². The number of hydrogen-bond donors (Lipinski definition) is 3. The summed E-state index contributed by atoms with van der Waals surface area (Å²) in [6, 6.07) is 0. The van der Waals surface area contributed by atoms with E-state index < -0.39 is 42.5 Å². The highest BCUT2D eigenvalue weighted by molar-refractivity contribution is 5.05. The molecular weight excluding hydrogens is 308 g/mol. The van der Waals surface area contributed by atoms with Crippen LogP contribution >= 0.6 is 0 Å². The summed E-state index contributed by atoms with van der Waals surface area (Å²) in [5.74, 6) is -31.3. The molecule has 0 bridgehead atoms. The van der Waals surface area contributed by atoms with Gasteiger partial charge in [0.1, 0.15) is 0 Å². The Morgan fingerprint density at radius 2 is 1.10 bits per heavy atom. The van der Waals surface area contributed by atoms with Gasteiger partial charge in [-0.3, -0.25) is 0 Å². The molecule has 0 unspecified atom stereocenters. The highest BCUT2D eigenvalue weighted by atomic mass is 19.4. The van der Waals surface area contributed by atoms with E-state index in [1.807, 2.05) is 0 Å². The van der Waals surface area contributed by atoms with Gasteiger partial charge in [-0.25, -0.2) is 0 Å². The summed E-state index contributed by atoms with van der Waals surface area (Å²) in [6.07, 6.45) is -2.58. The molecule has 0 fully saturated rings. The zero-order chi connectivity index (χ0) is 16.6. The van der Waals surface area contributed by atoms with Gasteiger partial charge in [0, 0.05) is 6.42 Å². The summed E-state index contributed by atoms with van der Waals surface area (Å²) in [5.41, 5.74) is 0. The highest BCUT2D eigenvalue weighted by Gasteiger charge is 2.84. The van der Waals surface area contributed by atoms with Gasteiger partial charge in [0.25, 0.3) is 0 Å². The smallest absolute Gasteiger partial charge is 0.339 e. The predicted octanol–water partition coefficient (Wildman–Crippen LogP) is 2.35. The second kappa shape index (κ2) is 5.26. The minimum absolute atomic E-state index is 0.0996. The van der Waals surface area contributed by atoms with E-state index in [9.17, 15) is 35.1 Å². The van der Waals surface area contributed by atoms with Crippen LogP contribution in [-0.4, -0.2) is 45.0 Å². The van der Waals surface area contributed by atoms with Gasteiger partial charge in [0.05, 0.1) is 0 Å². The van der Waals surface area contributed by atoms with Gasteiger partial charge in [-0.1, -0.05) is 13.3 Å². The van der Waals surface area contributed by atoms with Crippen molar-refractivity contribution < 1.29 is 50.4 Å². The van der Waals surface area contributed by atoms with Crippen LogP contribution in [0.25, 0.3) is 0 Å². The number of alkyl halides is 8. The molecule has 0 spiro atoms. The van der Waals surface area contributed by atoms with E-state index in [0.717, 1.165) is 0 Å². The lowest BCUT2D eigenvalue weighted by Crippen LogP contribution is -2.69. The molecule has 3 N–H and O–H groups in total. The molecule has 0 atom stereocenters. The van der Waals surface area contributed by atoms with Gasteiger partial charge in [-0.2, -0.15) is 35.1 Å². The van der Waals surface area contributed by atoms with Crippen molar-refractivity contribution in [3.63, 3.8) is 0 Å². The fraction of sp³-hybridized carbons (Fsp3) is 1.00. The Kier molecular flexibility index (Phi) is 5.08. The molecule has 0 saturated carbocycles. The van der Waals surface area contributed by atoms with Crippen LogP contribution in [0.2, 0.25) is 0 Å². The Balaban J connectivity index is 5.68. The van der Waals surface area contributed by atoms with Gasteiger partial charge in [-0.15, -0.1) is 0 Å². The third-order valence-corrected chi connectivity index (χ3v) is 2.51. The lowest BCUT2D eigenvalue weighted by atomic mass is 9.94. The molecule has 0 aliphatic rings. The van der Waals surface area contributed by atoms with Gasteiger partial charge in [-0.05, 0) is 6.42 Å². The van der Waals surface area contributed by atoms with E-state index in [-0.39, 0.29) is 6.42 Å². The Morgan fingerprint density at radius 1 is 0.700 bits per heavy atom. The second-order valence-electron chi connectivity index (χ2n) is 4.17. The number of rotatable bonds is 7. The first-order valence-electron chi connectivity index (χ1n) is 5.24. The molecule has 0 aliphatic heterocycles. The van der Waals surface area contributed by atoms with E-state index in [0.29, 0.717) is 0 Å². The van der Waals surface area contributed by atoms with Crippen molar-refractivity contribution in [2.45, 2.75) is 55.8 Å². The summed E-state index contributed by atoms with van der Waals surface area (Å²) in [6.45, 7) is 1.27. The third kappa shape index (κ3) is 2.84. The van der Waals surface area contributed by atoms with E-state index >= 15 is 0 Å². The maximum Gasteiger partial charge on any atom is 0.395 e. The van der Waals surface area contributed by atoms with Crippen LogP contribution in [0, 0.1) is 0 Å². The number of halogens is 8. The molecule has 3 nitrogen and oxygen atoms in total. The lowest BCUT2D eigenvalue weighted by Gasteiger charge is -2.39. The molecule has 0 aromatic carbocycles. The van der Waals surface area contributed by atoms with Crippen LogP contribution in [-0.2, 0) is 0 Å². The largest absolute Gasteiger partial charge is 0.395 e. The zero-order valence-electron chi connectivity index (χ0n) is 9.99. The quantitative estimate of drug-likeness (QED) is 0.498. The molecule has 0 saturated heterocycles. The van der Waals surface area contributed by atoms with Crippen LogP contribution < -0.4 is 0 Å². The zero-order valence-corrected chi connectivity index (χ0v) is 9.99. The van der Waals surface area contributed by atoms with Crippen LogP contribution in [0.4, 0.5) is 35.1 Å². The summed E-state index contributed by atoms with van der Waals surface area (Å²) in [7, 11) is 0. The number of hydrogen-bond acceptors (Lipinski definition) is 3. The predicted molar refractivity (Wildman–Crippen MR) is 48.7 cm³/mol. The Morgan fingerprint density at radius 3 is 1.40 bits per heavy atom. The molecule has 0 heterocycles. The topological polar surface area (TPSA) is 60.7 Å².